The van der Waals surface area contributed by atoms with Gasteiger partial charge in [-0.05, 0) is 39.7 Å². The second-order valence-electron chi connectivity index (χ2n) is 6.07. The zero-order valence-electron chi connectivity index (χ0n) is 13.7. The second-order valence-corrected chi connectivity index (χ2v) is 6.07. The molecule has 2 aromatic heterocycles. The van der Waals surface area contributed by atoms with Gasteiger partial charge in [0.15, 0.2) is 5.82 Å². The number of hydrogen-bond donors (Lipinski definition) is 1. The number of aromatic nitrogens is 2. The zero-order valence-corrected chi connectivity index (χ0v) is 14.5. The van der Waals surface area contributed by atoms with Crippen LogP contribution < -0.4 is 5.73 Å². The van der Waals surface area contributed by atoms with Crippen molar-refractivity contribution in [1.82, 2.24) is 14.6 Å². The highest BCUT2D eigenvalue weighted by molar-refractivity contribution is 5.96. The average Bonchev–Trinajstić information content (AvgIpc) is 3.01. The maximum atomic E-state index is 12.8. The van der Waals surface area contributed by atoms with E-state index in [4.69, 9.17) is 10.3 Å². The van der Waals surface area contributed by atoms with Crippen LogP contribution in [0.5, 0.6) is 0 Å². The third kappa shape index (κ3) is 3.28. The molecule has 0 saturated carbocycles. The van der Waals surface area contributed by atoms with Crippen LogP contribution in [0, 0.1) is 20.8 Å². The van der Waals surface area contributed by atoms with E-state index in [0.717, 1.165) is 36.5 Å². The van der Waals surface area contributed by atoms with Crippen molar-refractivity contribution in [2.75, 3.05) is 13.1 Å². The summed E-state index contributed by atoms with van der Waals surface area (Å²) >= 11 is 0. The van der Waals surface area contributed by atoms with Crippen LogP contribution in [-0.2, 0) is 0 Å². The smallest absolute Gasteiger partial charge is 0.255 e. The minimum Gasteiger partial charge on any atom is -0.360 e. The molecule has 0 aromatic carbocycles. The van der Waals surface area contributed by atoms with Gasteiger partial charge in [0, 0.05) is 36.6 Å². The van der Waals surface area contributed by atoms with Gasteiger partial charge in [0.25, 0.3) is 5.91 Å². The Bertz CT molecular complexity index is 707. The van der Waals surface area contributed by atoms with E-state index in [-0.39, 0.29) is 24.4 Å². The summed E-state index contributed by atoms with van der Waals surface area (Å²) in [6, 6.07) is 3.87. The first-order valence-electron chi connectivity index (χ1n) is 7.65. The Balaban J connectivity index is 0.00000192. The summed E-state index contributed by atoms with van der Waals surface area (Å²) in [5.74, 6) is 1.51. The van der Waals surface area contributed by atoms with Gasteiger partial charge < -0.3 is 15.2 Å². The predicted octanol–water partition coefficient (Wildman–Crippen LogP) is 2.38. The number of amides is 1. The second kappa shape index (κ2) is 6.76. The lowest BCUT2D eigenvalue weighted by Gasteiger charge is -2.30. The first-order chi connectivity index (χ1) is 10.5. The molecule has 1 atom stereocenters. The predicted molar refractivity (Wildman–Crippen MR) is 90.4 cm³/mol. The lowest BCUT2D eigenvalue weighted by molar-refractivity contribution is 0.0708. The largest absolute Gasteiger partial charge is 0.360 e. The molecule has 1 aliphatic heterocycles. The molecule has 0 bridgehead atoms. The third-order valence-electron chi connectivity index (χ3n) is 4.25. The van der Waals surface area contributed by atoms with Gasteiger partial charge in [-0.1, -0.05) is 5.16 Å². The summed E-state index contributed by atoms with van der Waals surface area (Å²) in [6.45, 7) is 7.17. The molecule has 3 rings (SSSR count). The first-order valence-corrected chi connectivity index (χ1v) is 7.65. The number of hydrogen-bond acceptors (Lipinski definition) is 4. The van der Waals surface area contributed by atoms with Crippen LogP contribution in [0.15, 0.2) is 16.7 Å². The lowest BCUT2D eigenvalue weighted by atomic mass is 10.1. The number of aryl methyl sites for hydroxylation is 2. The molecule has 1 aliphatic rings. The number of rotatable bonds is 2. The standard InChI is InChI=1S/C16H22N4O2.ClH/c1-10-7-14(16(21)19-6-4-5-13(17)9-19)12(3)20(10)15-8-11(2)22-18-15;/h7-8,13H,4-6,9,17H2,1-3H3;1H. The van der Waals surface area contributed by atoms with Crippen molar-refractivity contribution in [3.63, 3.8) is 0 Å². The number of nitrogens with two attached hydrogens (primary N) is 1. The maximum Gasteiger partial charge on any atom is 0.255 e. The number of piperidine rings is 1. The first kappa shape index (κ1) is 17.6. The van der Waals surface area contributed by atoms with Crippen LogP contribution in [0.3, 0.4) is 0 Å². The van der Waals surface area contributed by atoms with E-state index in [0.29, 0.717) is 17.9 Å². The highest BCUT2D eigenvalue weighted by Crippen LogP contribution is 2.23. The molecule has 1 saturated heterocycles. The highest BCUT2D eigenvalue weighted by atomic mass is 35.5. The molecule has 2 N–H and O–H groups in total. The van der Waals surface area contributed by atoms with Crippen molar-refractivity contribution in [2.24, 2.45) is 5.73 Å². The molecule has 126 valence electrons. The Morgan fingerprint density at radius 3 is 2.70 bits per heavy atom. The van der Waals surface area contributed by atoms with Crippen molar-refractivity contribution in [1.29, 1.82) is 0 Å². The topological polar surface area (TPSA) is 77.3 Å². The lowest BCUT2D eigenvalue weighted by Crippen LogP contribution is -2.45. The molecule has 3 heterocycles. The van der Waals surface area contributed by atoms with Crippen molar-refractivity contribution in [3.8, 4) is 5.82 Å². The van der Waals surface area contributed by atoms with Crippen LogP contribution in [0.25, 0.3) is 5.82 Å². The van der Waals surface area contributed by atoms with E-state index >= 15 is 0 Å². The number of nitrogens with zero attached hydrogens (tertiary/aromatic N) is 3. The molecule has 7 heteroatoms. The zero-order chi connectivity index (χ0) is 15.9. The summed E-state index contributed by atoms with van der Waals surface area (Å²) < 4.78 is 7.10. The van der Waals surface area contributed by atoms with Gasteiger partial charge in [-0.2, -0.15) is 0 Å². The average molecular weight is 339 g/mol. The number of carbonyl (C=O) groups excluding carboxylic acids is 1. The van der Waals surface area contributed by atoms with Crippen LogP contribution >= 0.6 is 12.4 Å². The van der Waals surface area contributed by atoms with Gasteiger partial charge in [0.1, 0.15) is 5.76 Å². The molecular formula is C16H23ClN4O2. The summed E-state index contributed by atoms with van der Waals surface area (Å²) in [4.78, 5) is 14.6. The van der Waals surface area contributed by atoms with E-state index < -0.39 is 0 Å². The molecule has 23 heavy (non-hydrogen) atoms. The van der Waals surface area contributed by atoms with Crippen molar-refractivity contribution >= 4 is 18.3 Å². The molecule has 0 spiro atoms. The van der Waals surface area contributed by atoms with Crippen LogP contribution in [0.2, 0.25) is 0 Å². The van der Waals surface area contributed by atoms with Gasteiger partial charge >= 0.3 is 0 Å². The summed E-state index contributed by atoms with van der Waals surface area (Å²) in [5.41, 5.74) is 8.55. The summed E-state index contributed by atoms with van der Waals surface area (Å²) in [6.07, 6.45) is 1.95. The Morgan fingerprint density at radius 1 is 1.35 bits per heavy atom. The molecule has 1 fully saturated rings. The van der Waals surface area contributed by atoms with E-state index in [2.05, 4.69) is 5.16 Å². The van der Waals surface area contributed by atoms with Gasteiger partial charge in [0.2, 0.25) is 0 Å². The molecular weight excluding hydrogens is 316 g/mol. The maximum absolute atomic E-state index is 12.8. The van der Waals surface area contributed by atoms with Gasteiger partial charge in [-0.25, -0.2) is 0 Å². The Labute approximate surface area is 142 Å². The van der Waals surface area contributed by atoms with Crippen LogP contribution in [0.4, 0.5) is 0 Å². The van der Waals surface area contributed by atoms with E-state index in [1.54, 1.807) is 0 Å². The van der Waals surface area contributed by atoms with E-state index in [1.165, 1.54) is 0 Å². The normalized spacial score (nSPS) is 17.9. The summed E-state index contributed by atoms with van der Waals surface area (Å²) in [7, 11) is 0. The van der Waals surface area contributed by atoms with Crippen molar-refractivity contribution < 1.29 is 9.32 Å². The Morgan fingerprint density at radius 2 is 2.09 bits per heavy atom. The van der Waals surface area contributed by atoms with Crippen LogP contribution in [-0.4, -0.2) is 39.7 Å². The van der Waals surface area contributed by atoms with E-state index in [1.807, 2.05) is 42.4 Å². The monoisotopic (exact) mass is 338 g/mol. The van der Waals surface area contributed by atoms with Crippen LogP contribution in [0.1, 0.15) is 40.3 Å². The molecule has 0 radical (unpaired) electrons. The summed E-state index contributed by atoms with van der Waals surface area (Å²) in [5, 5.41) is 4.05. The fourth-order valence-corrected chi connectivity index (χ4v) is 3.16. The van der Waals surface area contributed by atoms with Crippen molar-refractivity contribution in [2.45, 2.75) is 39.7 Å². The quantitative estimate of drug-likeness (QED) is 0.912. The molecule has 1 unspecified atom stereocenters. The number of carbonyl (C=O) groups is 1. The molecule has 0 aliphatic carbocycles. The minimum absolute atomic E-state index is 0. The molecule has 6 nitrogen and oxygen atoms in total. The SMILES string of the molecule is Cc1cc(-n2c(C)cc(C(=O)N3CCCC(N)C3)c2C)no1.Cl. The molecule has 2 aromatic rings. The molecule has 1 amide bonds. The Hall–Kier alpha value is -1.79. The van der Waals surface area contributed by atoms with Gasteiger partial charge in [-0.3, -0.25) is 9.36 Å². The number of halogens is 1. The fraction of sp³-hybridized carbons (Fsp3) is 0.500. The number of likely N-dealkylation sites (tertiary alicyclic amines) is 1. The van der Waals surface area contributed by atoms with Gasteiger partial charge in [0.05, 0.1) is 5.56 Å². The fourth-order valence-electron chi connectivity index (χ4n) is 3.16. The van der Waals surface area contributed by atoms with E-state index in [9.17, 15) is 4.79 Å². The van der Waals surface area contributed by atoms with Crippen molar-refractivity contribution in [3.05, 3.63) is 34.8 Å². The Kier molecular flexibility index (Phi) is 5.16. The third-order valence-corrected chi connectivity index (χ3v) is 4.25. The highest BCUT2D eigenvalue weighted by Gasteiger charge is 2.26. The minimum atomic E-state index is 0. The van der Waals surface area contributed by atoms with Gasteiger partial charge in [-0.15, -0.1) is 12.4 Å².